The quantitative estimate of drug-likeness (QED) is 0.575. The molecule has 9 heteroatoms. The third-order valence-electron chi connectivity index (χ3n) is 5.76. The van der Waals surface area contributed by atoms with E-state index in [9.17, 15) is 13.2 Å². The van der Waals surface area contributed by atoms with Gasteiger partial charge in [0.05, 0.1) is 0 Å². The maximum absolute atomic E-state index is 12.9. The highest BCUT2D eigenvalue weighted by molar-refractivity contribution is 7.94. The lowest BCUT2D eigenvalue weighted by atomic mass is 10.1. The Morgan fingerprint density at radius 2 is 1.97 bits per heavy atom. The first-order valence-corrected chi connectivity index (χ1v) is 12.8. The van der Waals surface area contributed by atoms with E-state index in [-0.39, 0.29) is 11.6 Å². The molecule has 1 fully saturated rings. The fourth-order valence-electron chi connectivity index (χ4n) is 3.81. The largest absolute Gasteiger partial charge is 0.321 e. The topological polar surface area (TPSA) is 107 Å². The second-order valence-corrected chi connectivity index (χ2v) is 10.5. The lowest BCUT2D eigenvalue weighted by Crippen LogP contribution is -2.14. The summed E-state index contributed by atoms with van der Waals surface area (Å²) in [5, 5.41) is 11.2. The second-order valence-electron chi connectivity index (χ2n) is 8.39. The Labute approximate surface area is 197 Å². The van der Waals surface area contributed by atoms with Crippen LogP contribution in [0.15, 0.2) is 78.1 Å². The van der Waals surface area contributed by atoms with Gasteiger partial charge in [-0.2, -0.15) is 0 Å². The van der Waals surface area contributed by atoms with Crippen LogP contribution in [0.4, 0.5) is 5.69 Å². The van der Waals surface area contributed by atoms with Gasteiger partial charge in [0.1, 0.15) is 12.0 Å². The molecule has 2 aromatic heterocycles. The number of amides is 1. The van der Waals surface area contributed by atoms with Crippen LogP contribution >= 0.6 is 0 Å². The summed E-state index contributed by atoms with van der Waals surface area (Å²) in [4.78, 5) is 17.5. The van der Waals surface area contributed by atoms with Crippen molar-refractivity contribution in [1.82, 2.24) is 19.7 Å². The van der Waals surface area contributed by atoms with Gasteiger partial charge in [-0.05, 0) is 54.3 Å². The number of carbonyl (C=O) groups is 1. The van der Waals surface area contributed by atoms with Crippen LogP contribution in [0.25, 0.3) is 17.0 Å². The van der Waals surface area contributed by atoms with E-state index in [0.29, 0.717) is 23.1 Å². The molecule has 1 saturated carbocycles. The van der Waals surface area contributed by atoms with E-state index in [1.807, 2.05) is 30.3 Å². The first-order chi connectivity index (χ1) is 16.4. The van der Waals surface area contributed by atoms with Crippen LogP contribution in [-0.4, -0.2) is 40.3 Å². The van der Waals surface area contributed by atoms with Crippen LogP contribution in [0.3, 0.4) is 0 Å². The molecule has 2 aliphatic carbocycles. The van der Waals surface area contributed by atoms with Crippen molar-refractivity contribution in [2.24, 2.45) is 0 Å². The second kappa shape index (κ2) is 8.83. The number of sulfone groups is 1. The van der Waals surface area contributed by atoms with E-state index < -0.39 is 9.84 Å². The molecule has 0 atom stereocenters. The lowest BCUT2D eigenvalue weighted by Gasteiger charge is -2.09. The minimum atomic E-state index is -3.26. The van der Waals surface area contributed by atoms with Crippen LogP contribution < -0.4 is 5.32 Å². The highest BCUT2D eigenvalue weighted by atomic mass is 32.2. The van der Waals surface area contributed by atoms with Crippen molar-refractivity contribution in [2.75, 3.05) is 11.6 Å². The van der Waals surface area contributed by atoms with Crippen LogP contribution in [0, 0.1) is 0 Å². The van der Waals surface area contributed by atoms with Gasteiger partial charge in [0, 0.05) is 41.1 Å². The maximum Gasteiger partial charge on any atom is 0.274 e. The average molecular weight is 474 g/mol. The van der Waals surface area contributed by atoms with E-state index in [4.69, 9.17) is 0 Å². The zero-order valence-electron chi connectivity index (χ0n) is 18.5. The van der Waals surface area contributed by atoms with E-state index in [1.54, 1.807) is 42.9 Å². The molecule has 0 radical (unpaired) electrons. The summed E-state index contributed by atoms with van der Waals surface area (Å²) in [6, 6.07) is 11.4. The molecule has 1 aromatic carbocycles. The molecule has 3 aromatic rings. The fourth-order valence-corrected chi connectivity index (χ4v) is 4.52. The summed E-state index contributed by atoms with van der Waals surface area (Å²) >= 11 is 0. The Kier molecular flexibility index (Phi) is 5.70. The maximum atomic E-state index is 12.9. The Morgan fingerprint density at radius 1 is 1.12 bits per heavy atom. The number of allylic oxidation sites excluding steroid dienone is 6. The normalized spacial score (nSPS) is 15.9. The minimum absolute atomic E-state index is 0.259. The summed E-state index contributed by atoms with van der Waals surface area (Å²) in [6.45, 7) is 0. The Hall–Kier alpha value is -3.85. The van der Waals surface area contributed by atoms with Crippen LogP contribution in [-0.2, 0) is 9.84 Å². The molecule has 1 amide bonds. The Bertz CT molecular complexity index is 1460. The summed E-state index contributed by atoms with van der Waals surface area (Å²) in [5.41, 5.74) is 3.35. The summed E-state index contributed by atoms with van der Waals surface area (Å²) in [7, 11) is -3.26. The zero-order valence-corrected chi connectivity index (χ0v) is 19.4. The standard InChI is InChI=1S/C25H23N5O3S/c1-34(32,33)22-7-3-4-17(8-11-22)18-12-13-26-23(15-18)25(31)28-20-6-2-5-19(14-20)24-29-27-16-30(24)21-9-10-21/h2-6,8,11-16,21H,7,9-10H2,1H3,(H,28,31). The molecule has 0 saturated heterocycles. The number of hydrogen-bond donors (Lipinski definition) is 1. The summed E-state index contributed by atoms with van der Waals surface area (Å²) < 4.78 is 25.8. The molecule has 0 bridgehead atoms. The summed E-state index contributed by atoms with van der Waals surface area (Å²) in [6.07, 6.45) is 14.1. The molecule has 0 unspecified atom stereocenters. The van der Waals surface area contributed by atoms with Gasteiger partial charge in [-0.3, -0.25) is 9.78 Å². The predicted molar refractivity (Wildman–Crippen MR) is 131 cm³/mol. The highest BCUT2D eigenvalue weighted by Crippen LogP contribution is 2.37. The number of benzene rings is 1. The van der Waals surface area contributed by atoms with E-state index in [0.717, 1.165) is 35.4 Å². The van der Waals surface area contributed by atoms with Crippen molar-refractivity contribution < 1.29 is 13.2 Å². The molecular formula is C25H23N5O3S. The zero-order chi connectivity index (χ0) is 23.7. The first kappa shape index (κ1) is 22.0. The van der Waals surface area contributed by atoms with Crippen molar-refractivity contribution in [3.63, 3.8) is 0 Å². The van der Waals surface area contributed by atoms with Crippen molar-refractivity contribution in [1.29, 1.82) is 0 Å². The van der Waals surface area contributed by atoms with Gasteiger partial charge in [-0.15, -0.1) is 10.2 Å². The monoisotopic (exact) mass is 473 g/mol. The molecule has 2 aliphatic rings. The predicted octanol–water partition coefficient (Wildman–Crippen LogP) is 4.20. The molecule has 5 rings (SSSR count). The number of aromatic nitrogens is 4. The fraction of sp³-hybridized carbons (Fsp3) is 0.200. The van der Waals surface area contributed by atoms with Crippen molar-refractivity contribution in [2.45, 2.75) is 25.3 Å². The SMILES string of the molecule is CS(=O)(=O)C1=CC=C(c2ccnc(C(=O)Nc3cccc(-c4nncn4C4CC4)c3)c2)C=CC1. The van der Waals surface area contributed by atoms with Crippen LogP contribution in [0.5, 0.6) is 0 Å². The van der Waals surface area contributed by atoms with Gasteiger partial charge in [0.25, 0.3) is 5.91 Å². The van der Waals surface area contributed by atoms with Gasteiger partial charge >= 0.3 is 0 Å². The molecule has 1 N–H and O–H groups in total. The van der Waals surface area contributed by atoms with Crippen molar-refractivity contribution >= 4 is 27.0 Å². The number of anilines is 1. The van der Waals surface area contributed by atoms with Gasteiger partial charge in [-0.1, -0.05) is 30.4 Å². The average Bonchev–Trinajstić information content (AvgIpc) is 3.60. The number of hydrogen-bond acceptors (Lipinski definition) is 6. The molecular weight excluding hydrogens is 450 g/mol. The summed E-state index contributed by atoms with van der Waals surface area (Å²) in [5.74, 6) is 0.445. The van der Waals surface area contributed by atoms with Crippen LogP contribution in [0.1, 0.15) is 41.4 Å². The van der Waals surface area contributed by atoms with Gasteiger partial charge in [-0.25, -0.2) is 8.42 Å². The molecule has 172 valence electrons. The molecule has 34 heavy (non-hydrogen) atoms. The number of nitrogens with one attached hydrogen (secondary N) is 1. The Morgan fingerprint density at radius 3 is 2.76 bits per heavy atom. The van der Waals surface area contributed by atoms with E-state index >= 15 is 0 Å². The number of nitrogens with zero attached hydrogens (tertiary/aromatic N) is 4. The Balaban J connectivity index is 1.37. The first-order valence-electron chi connectivity index (χ1n) is 10.9. The third-order valence-corrected chi connectivity index (χ3v) is 7.01. The molecule has 8 nitrogen and oxygen atoms in total. The van der Waals surface area contributed by atoms with Gasteiger partial charge < -0.3 is 9.88 Å². The molecule has 0 spiro atoms. The van der Waals surface area contributed by atoms with E-state index in [1.165, 1.54) is 6.26 Å². The number of pyridine rings is 1. The van der Waals surface area contributed by atoms with Crippen molar-refractivity contribution in [3.8, 4) is 11.4 Å². The smallest absolute Gasteiger partial charge is 0.274 e. The van der Waals surface area contributed by atoms with Crippen molar-refractivity contribution in [3.05, 3.63) is 89.4 Å². The molecule has 2 heterocycles. The van der Waals surface area contributed by atoms with Gasteiger partial charge in [0.15, 0.2) is 15.7 Å². The minimum Gasteiger partial charge on any atom is -0.321 e. The lowest BCUT2D eigenvalue weighted by molar-refractivity contribution is 0.102. The number of rotatable bonds is 6. The third kappa shape index (κ3) is 4.74. The van der Waals surface area contributed by atoms with Gasteiger partial charge in [0.2, 0.25) is 0 Å². The van der Waals surface area contributed by atoms with Crippen LogP contribution in [0.2, 0.25) is 0 Å². The molecule has 0 aliphatic heterocycles. The van der Waals surface area contributed by atoms with E-state index in [2.05, 4.69) is 25.1 Å². The number of carbonyl (C=O) groups excluding carboxylic acids is 1. The highest BCUT2D eigenvalue weighted by Gasteiger charge is 2.26.